The fourth-order valence-electron chi connectivity index (χ4n) is 2.83. The van der Waals surface area contributed by atoms with Crippen molar-refractivity contribution in [2.45, 2.75) is 38.1 Å². The number of carbonyl (C=O) groups is 2. The Morgan fingerprint density at radius 1 is 1.18 bits per heavy atom. The molecule has 5 nitrogen and oxygen atoms in total. The molecule has 0 spiro atoms. The summed E-state index contributed by atoms with van der Waals surface area (Å²) in [6.07, 6.45) is 4.30. The summed E-state index contributed by atoms with van der Waals surface area (Å²) in [6.45, 7) is 0. The number of nitrogens with two attached hydrogens (primary N) is 1. The van der Waals surface area contributed by atoms with Gasteiger partial charge in [-0.15, -0.1) is 0 Å². The second-order valence-electron chi connectivity index (χ2n) is 5.54. The van der Waals surface area contributed by atoms with Crippen LogP contribution in [0.1, 0.15) is 42.5 Å². The van der Waals surface area contributed by atoms with E-state index in [-0.39, 0.29) is 17.2 Å². The Bertz CT molecular complexity index is 586. The van der Waals surface area contributed by atoms with Crippen molar-refractivity contribution < 1.29 is 23.5 Å². The second-order valence-corrected chi connectivity index (χ2v) is 5.54. The average molecular weight is 312 g/mol. The number of rotatable bonds is 4. The molecule has 120 valence electrons. The maximum Gasteiger partial charge on any atom is 0.326 e. The molecular formula is C15H18F2N2O3. The van der Waals surface area contributed by atoms with Crippen LogP contribution in [-0.2, 0) is 4.79 Å². The van der Waals surface area contributed by atoms with Crippen molar-refractivity contribution in [3.05, 3.63) is 29.3 Å². The summed E-state index contributed by atoms with van der Waals surface area (Å²) in [5.41, 5.74) is 5.01. The Morgan fingerprint density at radius 3 is 2.36 bits per heavy atom. The lowest BCUT2D eigenvalue weighted by atomic mass is 9.84. The summed E-state index contributed by atoms with van der Waals surface area (Å²) >= 11 is 0. The summed E-state index contributed by atoms with van der Waals surface area (Å²) in [5, 5.41) is 11.7. The van der Waals surface area contributed by atoms with Gasteiger partial charge in [0.25, 0.3) is 5.91 Å². The highest BCUT2D eigenvalue weighted by Gasteiger charge is 2.31. The number of halogens is 2. The smallest absolute Gasteiger partial charge is 0.326 e. The summed E-state index contributed by atoms with van der Waals surface area (Å²) in [6, 6.07) is 0.334. The average Bonchev–Trinajstić information content (AvgIpc) is 2.48. The van der Waals surface area contributed by atoms with Crippen molar-refractivity contribution in [3.63, 3.8) is 0 Å². The van der Waals surface area contributed by atoms with Gasteiger partial charge in [-0.3, -0.25) is 4.79 Å². The van der Waals surface area contributed by atoms with Crippen molar-refractivity contribution in [1.82, 2.24) is 5.32 Å². The molecule has 1 amide bonds. The zero-order valence-electron chi connectivity index (χ0n) is 11.9. The normalized spacial score (nSPS) is 17.0. The number of benzene rings is 1. The fourth-order valence-corrected chi connectivity index (χ4v) is 2.83. The number of amides is 1. The molecule has 1 atom stereocenters. The minimum absolute atomic E-state index is 0.165. The van der Waals surface area contributed by atoms with E-state index < -0.39 is 29.6 Å². The Morgan fingerprint density at radius 2 is 1.77 bits per heavy atom. The van der Waals surface area contributed by atoms with Crippen LogP contribution in [0.25, 0.3) is 0 Å². The van der Waals surface area contributed by atoms with Crippen LogP contribution >= 0.6 is 0 Å². The molecule has 0 aliphatic heterocycles. The first-order valence-electron chi connectivity index (χ1n) is 7.18. The number of anilines is 1. The molecule has 2 rings (SSSR count). The quantitative estimate of drug-likeness (QED) is 0.744. The highest BCUT2D eigenvalue weighted by atomic mass is 19.2. The molecule has 0 bridgehead atoms. The Labute approximate surface area is 126 Å². The van der Waals surface area contributed by atoms with Crippen molar-refractivity contribution in [1.29, 1.82) is 0 Å². The molecule has 1 aliphatic rings. The lowest BCUT2D eigenvalue weighted by Gasteiger charge is -2.28. The number of aliphatic carboxylic acids is 1. The zero-order valence-corrected chi connectivity index (χ0v) is 11.9. The van der Waals surface area contributed by atoms with E-state index >= 15 is 0 Å². The van der Waals surface area contributed by atoms with Gasteiger partial charge in [0.1, 0.15) is 6.04 Å². The summed E-state index contributed by atoms with van der Waals surface area (Å²) in [5.74, 6) is -4.47. The molecule has 0 radical (unpaired) electrons. The highest BCUT2D eigenvalue weighted by molar-refractivity contribution is 6.00. The molecule has 0 unspecified atom stereocenters. The van der Waals surface area contributed by atoms with Crippen LogP contribution in [0.4, 0.5) is 14.5 Å². The van der Waals surface area contributed by atoms with Gasteiger partial charge < -0.3 is 16.2 Å². The van der Waals surface area contributed by atoms with E-state index in [2.05, 4.69) is 5.32 Å². The molecule has 1 aromatic carbocycles. The Balaban J connectivity index is 2.17. The van der Waals surface area contributed by atoms with Gasteiger partial charge in [0.05, 0.1) is 5.56 Å². The van der Waals surface area contributed by atoms with Crippen molar-refractivity contribution in [3.8, 4) is 0 Å². The molecular weight excluding hydrogens is 294 g/mol. The topological polar surface area (TPSA) is 92.4 Å². The van der Waals surface area contributed by atoms with Crippen molar-refractivity contribution in [2.24, 2.45) is 5.92 Å². The summed E-state index contributed by atoms with van der Waals surface area (Å²) in [7, 11) is 0. The van der Waals surface area contributed by atoms with Gasteiger partial charge in [-0.05, 0) is 24.8 Å². The number of nitrogens with one attached hydrogen (secondary N) is 1. The third-order valence-corrected chi connectivity index (χ3v) is 4.01. The first-order chi connectivity index (χ1) is 10.4. The molecule has 4 N–H and O–H groups in total. The molecule has 0 aromatic heterocycles. The van der Waals surface area contributed by atoms with E-state index in [9.17, 15) is 23.5 Å². The number of hydrogen-bond donors (Lipinski definition) is 3. The maximum atomic E-state index is 13.2. The first-order valence-corrected chi connectivity index (χ1v) is 7.18. The van der Waals surface area contributed by atoms with E-state index in [1.807, 2.05) is 0 Å². The van der Waals surface area contributed by atoms with Gasteiger partial charge in [-0.1, -0.05) is 19.3 Å². The minimum atomic E-state index is -1.20. The number of hydrogen-bond acceptors (Lipinski definition) is 3. The third-order valence-electron chi connectivity index (χ3n) is 4.01. The lowest BCUT2D eigenvalue weighted by Crippen LogP contribution is -2.46. The molecule has 22 heavy (non-hydrogen) atoms. The van der Waals surface area contributed by atoms with Crippen molar-refractivity contribution in [2.75, 3.05) is 5.73 Å². The fraction of sp³-hybridized carbons (Fsp3) is 0.467. The van der Waals surface area contributed by atoms with E-state index in [1.54, 1.807) is 0 Å². The summed E-state index contributed by atoms with van der Waals surface area (Å²) in [4.78, 5) is 23.5. The van der Waals surface area contributed by atoms with Crippen LogP contribution in [0, 0.1) is 17.6 Å². The van der Waals surface area contributed by atoms with Crippen LogP contribution in [0.15, 0.2) is 12.1 Å². The van der Waals surface area contributed by atoms with E-state index in [1.165, 1.54) is 0 Å². The Kier molecular flexibility index (Phi) is 4.95. The van der Waals surface area contributed by atoms with E-state index in [4.69, 9.17) is 5.73 Å². The third kappa shape index (κ3) is 3.52. The van der Waals surface area contributed by atoms with E-state index in [0.717, 1.165) is 19.3 Å². The summed E-state index contributed by atoms with van der Waals surface area (Å²) < 4.78 is 26.3. The van der Waals surface area contributed by atoms with Gasteiger partial charge in [0.15, 0.2) is 11.6 Å². The molecule has 1 aromatic rings. The number of carbonyl (C=O) groups excluding carboxylic acids is 1. The lowest BCUT2D eigenvalue weighted by molar-refractivity contribution is -0.141. The van der Waals surface area contributed by atoms with Gasteiger partial charge in [-0.2, -0.15) is 0 Å². The van der Waals surface area contributed by atoms with Gasteiger partial charge in [-0.25, -0.2) is 13.6 Å². The molecule has 1 saturated carbocycles. The molecule has 0 saturated heterocycles. The Hall–Kier alpha value is -2.18. The zero-order chi connectivity index (χ0) is 16.3. The second kappa shape index (κ2) is 6.72. The highest BCUT2D eigenvalue weighted by Crippen LogP contribution is 2.27. The van der Waals surface area contributed by atoms with Crippen LogP contribution in [0.2, 0.25) is 0 Å². The largest absolute Gasteiger partial charge is 0.480 e. The number of nitrogen functional groups attached to an aromatic ring is 1. The SMILES string of the molecule is Nc1cc(F)c(F)cc1C(=O)N[C@H](C(=O)O)C1CCCCC1. The monoisotopic (exact) mass is 312 g/mol. The molecule has 0 heterocycles. The van der Waals surface area contributed by atoms with Gasteiger partial charge >= 0.3 is 5.97 Å². The first kappa shape index (κ1) is 16.2. The minimum Gasteiger partial charge on any atom is -0.480 e. The molecule has 1 aliphatic carbocycles. The van der Waals surface area contributed by atoms with Crippen LogP contribution in [0.5, 0.6) is 0 Å². The predicted molar refractivity (Wildman–Crippen MR) is 76.2 cm³/mol. The number of carboxylic acids is 1. The number of carboxylic acid groups (broad SMARTS) is 1. The van der Waals surface area contributed by atoms with Gasteiger partial charge in [0.2, 0.25) is 0 Å². The molecule has 1 fully saturated rings. The maximum absolute atomic E-state index is 13.2. The van der Waals surface area contributed by atoms with Crippen molar-refractivity contribution >= 4 is 17.6 Å². The van der Waals surface area contributed by atoms with Crippen LogP contribution < -0.4 is 11.1 Å². The standard InChI is InChI=1S/C15H18F2N2O3/c16-10-6-9(12(18)7-11(10)17)14(20)19-13(15(21)22)8-4-2-1-3-5-8/h6-8,13H,1-5,18H2,(H,19,20)(H,21,22)/t13-/m0/s1. The van der Waals surface area contributed by atoms with E-state index in [0.29, 0.717) is 25.0 Å². The van der Waals surface area contributed by atoms with Gasteiger partial charge in [0, 0.05) is 11.8 Å². The predicted octanol–water partition coefficient (Wildman–Crippen LogP) is 2.31. The van der Waals surface area contributed by atoms with Crippen LogP contribution in [-0.4, -0.2) is 23.0 Å². The molecule has 7 heteroatoms. The van der Waals surface area contributed by atoms with Crippen LogP contribution in [0.3, 0.4) is 0 Å².